The molecule has 4 rings (SSSR count). The third-order valence-electron chi connectivity index (χ3n) is 5.96. The second-order valence-corrected chi connectivity index (χ2v) is 14.9. The fourth-order valence-corrected chi connectivity index (χ4v) is 7.77. The number of fused-ring (bicyclic) bond motifs is 2. The molecule has 1 aliphatic heterocycles. The minimum atomic E-state index is -4.33. The van der Waals surface area contributed by atoms with Crippen molar-refractivity contribution in [2.75, 3.05) is 23.0 Å². The number of hydrogen-bond donors (Lipinski definition) is 0. The summed E-state index contributed by atoms with van der Waals surface area (Å²) >= 11 is 15.5. The number of allylic oxidation sites excluding steroid dienone is 2. The summed E-state index contributed by atoms with van der Waals surface area (Å²) in [6, 6.07) is 11.0. The number of benzene rings is 2. The minimum Gasteiger partial charge on any atom is -0.748 e. The summed E-state index contributed by atoms with van der Waals surface area (Å²) in [7, 11) is -8.67. The molecule has 210 valence electrons. The van der Waals surface area contributed by atoms with Gasteiger partial charge in [-0.05, 0) is 54.8 Å². The molecule has 2 heterocycles. The second kappa shape index (κ2) is 14.2. The Morgan fingerprint density at radius 2 is 1.65 bits per heavy atom. The van der Waals surface area contributed by atoms with Gasteiger partial charge in [-0.3, -0.25) is 0 Å². The first-order chi connectivity index (χ1) is 18.3. The van der Waals surface area contributed by atoms with Crippen LogP contribution in [0.1, 0.15) is 31.2 Å². The average molecular weight is 672 g/mol. The largest absolute Gasteiger partial charge is 1.00 e. The first-order valence-electron chi connectivity index (χ1n) is 12.0. The van der Waals surface area contributed by atoms with E-state index in [1.807, 2.05) is 52.8 Å². The number of anilines is 1. The van der Waals surface area contributed by atoms with E-state index >= 15 is 0 Å². The van der Waals surface area contributed by atoms with Crippen molar-refractivity contribution in [3.8, 4) is 0 Å². The van der Waals surface area contributed by atoms with Crippen LogP contribution in [0.5, 0.6) is 0 Å². The smallest absolute Gasteiger partial charge is 0.748 e. The van der Waals surface area contributed by atoms with Gasteiger partial charge in [0.05, 0.1) is 31.0 Å². The van der Waals surface area contributed by atoms with Crippen molar-refractivity contribution in [1.82, 2.24) is 0 Å². The monoisotopic (exact) mass is 670 g/mol. The number of hydrogen-bond acceptors (Lipinski definition) is 9. The predicted molar refractivity (Wildman–Crippen MR) is 156 cm³/mol. The number of thioether (sulfide) groups is 1. The molecule has 0 radical (unpaired) electrons. The topological polar surface area (TPSA) is 122 Å². The molecule has 0 saturated heterocycles. The molecule has 1 aliphatic rings. The van der Waals surface area contributed by atoms with Crippen molar-refractivity contribution in [1.29, 1.82) is 0 Å². The zero-order valence-corrected chi connectivity index (χ0v) is 28.6. The van der Waals surface area contributed by atoms with Crippen LogP contribution in [-0.2, 0) is 26.8 Å². The molecule has 0 spiro atoms. The van der Waals surface area contributed by atoms with Gasteiger partial charge in [0, 0.05) is 51.6 Å². The average Bonchev–Trinajstić information content (AvgIpc) is 3.34. The number of aromatic nitrogens is 1. The number of nitrogens with zero attached hydrogens (tertiary/aromatic N) is 2. The Labute approximate surface area is 274 Å². The van der Waals surface area contributed by atoms with E-state index < -0.39 is 31.7 Å². The molecule has 0 amide bonds. The van der Waals surface area contributed by atoms with Crippen LogP contribution in [0.2, 0.25) is 10.0 Å². The zero-order chi connectivity index (χ0) is 28.4. The van der Waals surface area contributed by atoms with E-state index in [2.05, 4.69) is 0 Å². The maximum absolute atomic E-state index is 11.2. The Morgan fingerprint density at radius 1 is 1.00 bits per heavy atom. The zero-order valence-electron chi connectivity index (χ0n) is 21.8. The Kier molecular flexibility index (Phi) is 12.0. The van der Waals surface area contributed by atoms with E-state index in [9.17, 15) is 25.9 Å². The second-order valence-electron chi connectivity index (χ2n) is 8.86. The van der Waals surface area contributed by atoms with Gasteiger partial charge >= 0.3 is 29.6 Å². The maximum atomic E-state index is 11.2. The van der Waals surface area contributed by atoms with E-state index in [0.717, 1.165) is 36.4 Å². The summed E-state index contributed by atoms with van der Waals surface area (Å²) in [6.45, 7) is 2.67. The van der Waals surface area contributed by atoms with E-state index in [4.69, 9.17) is 23.2 Å². The van der Waals surface area contributed by atoms with Gasteiger partial charge < -0.3 is 14.0 Å². The van der Waals surface area contributed by atoms with E-state index in [1.54, 1.807) is 12.1 Å². The molecule has 1 aromatic heterocycles. The van der Waals surface area contributed by atoms with Gasteiger partial charge in [-0.25, -0.2) is 16.8 Å². The summed E-state index contributed by atoms with van der Waals surface area (Å²) in [5.41, 5.74) is 2.67. The van der Waals surface area contributed by atoms with Crippen LogP contribution in [0, 0.1) is 0 Å². The van der Waals surface area contributed by atoms with Gasteiger partial charge in [-0.1, -0.05) is 53.2 Å². The van der Waals surface area contributed by atoms with Crippen LogP contribution in [-0.4, -0.2) is 44.0 Å². The summed E-state index contributed by atoms with van der Waals surface area (Å²) in [5, 5.41) is 2.84. The van der Waals surface area contributed by atoms with E-state index in [1.165, 1.54) is 23.1 Å². The molecule has 0 aliphatic carbocycles. The summed E-state index contributed by atoms with van der Waals surface area (Å²) in [6.07, 6.45) is 5.05. The molecule has 0 bridgehead atoms. The number of rotatable bonds is 11. The van der Waals surface area contributed by atoms with Crippen LogP contribution in [0.15, 0.2) is 58.0 Å². The van der Waals surface area contributed by atoms with Crippen LogP contribution in [0.3, 0.4) is 0 Å². The van der Waals surface area contributed by atoms with Gasteiger partial charge in [0.2, 0.25) is 5.52 Å². The number of halogens is 2. The molecule has 40 heavy (non-hydrogen) atoms. The molecule has 0 saturated carbocycles. The summed E-state index contributed by atoms with van der Waals surface area (Å²) in [5.74, 6) is -0.922. The van der Waals surface area contributed by atoms with Crippen molar-refractivity contribution in [3.63, 3.8) is 0 Å². The van der Waals surface area contributed by atoms with Crippen molar-refractivity contribution < 1.29 is 60.1 Å². The van der Waals surface area contributed by atoms with Crippen molar-refractivity contribution in [3.05, 3.63) is 68.1 Å². The Hall–Kier alpha value is -0.640. The van der Waals surface area contributed by atoms with Crippen LogP contribution < -0.4 is 39.0 Å². The van der Waals surface area contributed by atoms with Gasteiger partial charge in [0.15, 0.2) is 6.54 Å². The standard InChI is InChI=1S/C25H26Cl2N2O6S4.Na/c1-2-17(13-24-28(9-3-11-38(30,31)32)20-15-18(26)5-7-22(20)36-24)14-25-29(10-4-12-39(33,34)35)21-16-19(27)6-8-23(21)37-25;/h5-8,13-16H,2-4,9-12H2,1H3,(H-,30,31,32,33,34,35);/q;+1/p-1. The first-order valence-corrected chi connectivity index (χ1v) is 17.5. The Bertz CT molecular complexity index is 1670. The Balaban J connectivity index is 0.00000441. The molecular formula is C25H25Cl2N2NaO6S4. The normalized spacial score (nSPS) is 15.1. The SMILES string of the molecule is CCC(/C=C1\Sc2ccc(Cl)cc2N1CCCS(=O)(=O)[O-])=C\c1sc2ccc(Cl)cc2[n+]1CCCS(=O)(=O)[O-].[Na+]. The quantitative estimate of drug-likeness (QED) is 0.173. The molecule has 0 unspecified atom stereocenters. The fraction of sp³-hybridized carbons (Fsp3) is 0.320. The summed E-state index contributed by atoms with van der Waals surface area (Å²) < 4.78 is 70.1. The van der Waals surface area contributed by atoms with Gasteiger partial charge in [0.25, 0.3) is 5.01 Å². The van der Waals surface area contributed by atoms with Crippen molar-refractivity contribution >= 4 is 88.5 Å². The first kappa shape index (κ1) is 33.9. The molecular weight excluding hydrogens is 646 g/mol. The molecule has 0 atom stereocenters. The Morgan fingerprint density at radius 3 is 2.33 bits per heavy atom. The van der Waals surface area contributed by atoms with Gasteiger partial charge in [-0.2, -0.15) is 4.57 Å². The molecule has 0 fully saturated rings. The van der Waals surface area contributed by atoms with Gasteiger partial charge in [0.1, 0.15) is 4.70 Å². The van der Waals surface area contributed by atoms with Crippen molar-refractivity contribution in [2.24, 2.45) is 0 Å². The summed E-state index contributed by atoms with van der Waals surface area (Å²) in [4.78, 5) is 2.94. The predicted octanol–water partition coefficient (Wildman–Crippen LogP) is 2.62. The van der Waals surface area contributed by atoms with Crippen LogP contribution in [0.4, 0.5) is 5.69 Å². The van der Waals surface area contributed by atoms with E-state index in [-0.39, 0.29) is 42.4 Å². The van der Waals surface area contributed by atoms with E-state index in [0.29, 0.717) is 29.6 Å². The third-order valence-corrected chi connectivity index (χ3v) is 10.2. The minimum absolute atomic E-state index is 0. The molecule has 3 aromatic rings. The molecule has 0 N–H and O–H groups in total. The molecule has 8 nitrogen and oxygen atoms in total. The molecule has 15 heteroatoms. The van der Waals surface area contributed by atoms with Gasteiger partial charge in [-0.15, -0.1) is 0 Å². The molecule has 2 aromatic carbocycles. The number of aryl methyl sites for hydroxylation is 1. The van der Waals surface area contributed by atoms with Crippen LogP contribution in [0.25, 0.3) is 16.3 Å². The van der Waals surface area contributed by atoms with Crippen LogP contribution >= 0.6 is 46.3 Å². The number of thiazole rings is 1. The third kappa shape index (κ3) is 9.18. The van der Waals surface area contributed by atoms with Crippen molar-refractivity contribution in [2.45, 2.75) is 37.6 Å². The maximum Gasteiger partial charge on any atom is 1.00 e. The fourth-order valence-electron chi connectivity index (χ4n) is 4.19.